The lowest BCUT2D eigenvalue weighted by Crippen LogP contribution is -2.36. The Hall–Kier alpha value is -1.31. The minimum atomic E-state index is 0. The lowest BCUT2D eigenvalue weighted by molar-refractivity contribution is 0.0443. The van der Waals surface area contributed by atoms with Gasteiger partial charge in [-0.2, -0.15) is 0 Å². The zero-order chi connectivity index (χ0) is 13.9. The fourth-order valence-electron chi connectivity index (χ4n) is 1.90. The fourth-order valence-corrected chi connectivity index (χ4v) is 1.90. The van der Waals surface area contributed by atoms with E-state index in [1.54, 1.807) is 0 Å². The van der Waals surface area contributed by atoms with Gasteiger partial charge in [-0.25, -0.2) is 0 Å². The molecule has 3 nitrogen and oxygen atoms in total. The second kappa shape index (κ2) is 11.4. The summed E-state index contributed by atoms with van der Waals surface area (Å²) in [7, 11) is 0. The summed E-state index contributed by atoms with van der Waals surface area (Å²) in [6.07, 6.45) is 4.07. The fraction of sp³-hybridized carbons (Fsp3) is 0.412. The first-order chi connectivity index (χ1) is 9.95. The van der Waals surface area contributed by atoms with Gasteiger partial charge in [0.15, 0.2) is 0 Å². The summed E-state index contributed by atoms with van der Waals surface area (Å²) in [4.78, 5) is 2.30. The molecule has 1 aliphatic heterocycles. The predicted molar refractivity (Wildman–Crippen MR) is 88.6 cm³/mol. The van der Waals surface area contributed by atoms with Gasteiger partial charge >= 0.3 is 0 Å². The summed E-state index contributed by atoms with van der Waals surface area (Å²) in [5.41, 5.74) is 1.19. The van der Waals surface area contributed by atoms with E-state index in [2.05, 4.69) is 34.9 Å². The van der Waals surface area contributed by atoms with Crippen LogP contribution in [0.2, 0.25) is 0 Å². The number of ether oxygens (including phenoxy) is 2. The van der Waals surface area contributed by atoms with Crippen molar-refractivity contribution >= 4 is 18.5 Å². The Bertz CT molecular complexity index is 459. The maximum atomic E-state index is 5.44. The molecule has 1 heterocycles. The summed E-state index contributed by atoms with van der Waals surface area (Å²) in [5, 5.41) is 0. The van der Waals surface area contributed by atoms with Crippen molar-refractivity contribution in [2.24, 2.45) is 0 Å². The van der Waals surface area contributed by atoms with Crippen LogP contribution < -0.4 is 0 Å². The molecule has 1 aromatic carbocycles. The number of hydrogen-bond acceptors (Lipinski definition) is 3. The van der Waals surface area contributed by atoms with E-state index in [0.29, 0.717) is 13.2 Å². The van der Waals surface area contributed by atoms with Crippen molar-refractivity contribution < 1.29 is 9.47 Å². The van der Waals surface area contributed by atoms with E-state index in [1.807, 2.05) is 24.3 Å². The number of halogens is 1. The molecule has 0 saturated carbocycles. The van der Waals surface area contributed by atoms with Crippen LogP contribution in [0.3, 0.4) is 0 Å². The third kappa shape index (κ3) is 7.89. The molecule has 1 fully saturated rings. The van der Waals surface area contributed by atoms with Crippen LogP contribution in [0.5, 0.6) is 0 Å². The van der Waals surface area contributed by atoms with Crippen LogP contribution in [0.4, 0.5) is 0 Å². The Kier molecular flexibility index (Phi) is 9.60. The average molecular weight is 308 g/mol. The molecule has 114 valence electrons. The molecule has 1 saturated heterocycles. The topological polar surface area (TPSA) is 21.7 Å². The largest absolute Gasteiger partial charge is 0.379 e. The number of hydrogen-bond donors (Lipinski definition) is 0. The molecule has 2 rings (SSSR count). The highest BCUT2D eigenvalue weighted by Gasteiger charge is 2.07. The molecule has 0 aliphatic carbocycles. The Labute approximate surface area is 133 Å². The molecule has 1 aliphatic rings. The van der Waals surface area contributed by atoms with Crippen molar-refractivity contribution in [3.63, 3.8) is 0 Å². The van der Waals surface area contributed by atoms with E-state index in [4.69, 9.17) is 9.47 Å². The van der Waals surface area contributed by atoms with Crippen molar-refractivity contribution in [2.45, 2.75) is 0 Å². The Morgan fingerprint density at radius 1 is 1.14 bits per heavy atom. The van der Waals surface area contributed by atoms with Crippen LogP contribution in [0.25, 0.3) is 6.08 Å². The smallest absolute Gasteiger partial charge is 0.108 e. The van der Waals surface area contributed by atoms with Gasteiger partial charge in [0, 0.05) is 13.1 Å². The van der Waals surface area contributed by atoms with Gasteiger partial charge in [0.05, 0.1) is 26.4 Å². The highest BCUT2D eigenvalue weighted by Crippen LogP contribution is 2.00. The highest BCUT2D eigenvalue weighted by molar-refractivity contribution is 5.85. The van der Waals surface area contributed by atoms with Crippen molar-refractivity contribution in [3.8, 4) is 11.8 Å². The Morgan fingerprint density at radius 3 is 2.67 bits per heavy atom. The zero-order valence-electron chi connectivity index (χ0n) is 12.2. The second-order valence-corrected chi connectivity index (χ2v) is 4.57. The van der Waals surface area contributed by atoms with Gasteiger partial charge in [0.2, 0.25) is 0 Å². The minimum absolute atomic E-state index is 0. The molecular weight excluding hydrogens is 286 g/mol. The number of nitrogens with zero attached hydrogens (tertiary/aromatic N) is 1. The number of rotatable bonds is 5. The van der Waals surface area contributed by atoms with Gasteiger partial charge in [-0.05, 0) is 5.56 Å². The van der Waals surface area contributed by atoms with Crippen molar-refractivity contribution in [3.05, 3.63) is 42.0 Å². The molecule has 0 atom stereocenters. The predicted octanol–water partition coefficient (Wildman–Crippen LogP) is 2.47. The van der Waals surface area contributed by atoms with Crippen molar-refractivity contribution in [1.82, 2.24) is 4.90 Å². The number of benzene rings is 1. The average Bonchev–Trinajstić information content (AvgIpc) is 2.52. The third-order valence-corrected chi connectivity index (χ3v) is 3.03. The van der Waals surface area contributed by atoms with Crippen LogP contribution in [0.15, 0.2) is 36.4 Å². The maximum Gasteiger partial charge on any atom is 0.108 e. The summed E-state index contributed by atoms with van der Waals surface area (Å²) in [5.74, 6) is 6.18. The van der Waals surface area contributed by atoms with Gasteiger partial charge < -0.3 is 9.47 Å². The van der Waals surface area contributed by atoms with Crippen LogP contribution in [-0.2, 0) is 9.47 Å². The molecular formula is C17H22ClNO2. The zero-order valence-corrected chi connectivity index (χ0v) is 13.0. The summed E-state index contributed by atoms with van der Waals surface area (Å²) < 4.78 is 10.7. The van der Waals surface area contributed by atoms with E-state index in [1.165, 1.54) is 5.56 Å². The van der Waals surface area contributed by atoms with E-state index in [-0.39, 0.29) is 12.4 Å². The van der Waals surface area contributed by atoms with Gasteiger partial charge in [-0.3, -0.25) is 4.90 Å². The molecule has 0 radical (unpaired) electrons. The van der Waals surface area contributed by atoms with Gasteiger partial charge in [-0.1, -0.05) is 54.3 Å². The lowest BCUT2D eigenvalue weighted by atomic mass is 10.2. The summed E-state index contributed by atoms with van der Waals surface area (Å²) >= 11 is 0. The maximum absolute atomic E-state index is 5.44. The Balaban J connectivity index is 0.00000220. The van der Waals surface area contributed by atoms with Gasteiger partial charge in [0.25, 0.3) is 0 Å². The second-order valence-electron chi connectivity index (χ2n) is 4.57. The normalized spacial score (nSPS) is 15.2. The molecule has 0 amide bonds. The molecule has 4 heteroatoms. The molecule has 1 aromatic rings. The quantitative estimate of drug-likeness (QED) is 0.616. The standard InChI is InChI=1S/C17H21NO2.ClH/c1-2-7-17(8-3-1)9-6-14-19-13-5-4-10-18-11-15-20-16-12-18;/h1-3,6-9H,10-16H2;1H/b9-6+;. The molecule has 0 N–H and O–H groups in total. The molecule has 0 spiro atoms. The van der Waals surface area contributed by atoms with Crippen LogP contribution in [-0.4, -0.2) is 51.0 Å². The monoisotopic (exact) mass is 307 g/mol. The first-order valence-corrected chi connectivity index (χ1v) is 7.00. The molecule has 0 unspecified atom stereocenters. The van der Waals surface area contributed by atoms with E-state index >= 15 is 0 Å². The molecule has 21 heavy (non-hydrogen) atoms. The van der Waals surface area contributed by atoms with Crippen molar-refractivity contribution in [2.75, 3.05) is 46.1 Å². The third-order valence-electron chi connectivity index (χ3n) is 3.03. The van der Waals surface area contributed by atoms with Crippen molar-refractivity contribution in [1.29, 1.82) is 0 Å². The van der Waals surface area contributed by atoms with Crippen LogP contribution >= 0.6 is 12.4 Å². The first-order valence-electron chi connectivity index (χ1n) is 7.00. The van der Waals surface area contributed by atoms with E-state index < -0.39 is 0 Å². The molecule has 0 aromatic heterocycles. The van der Waals surface area contributed by atoms with Gasteiger partial charge in [0.1, 0.15) is 6.61 Å². The number of morpholine rings is 1. The van der Waals surface area contributed by atoms with Crippen LogP contribution in [0.1, 0.15) is 5.56 Å². The summed E-state index contributed by atoms with van der Waals surface area (Å²) in [6.45, 7) is 5.51. The minimum Gasteiger partial charge on any atom is -0.379 e. The van der Waals surface area contributed by atoms with E-state index in [0.717, 1.165) is 32.8 Å². The van der Waals surface area contributed by atoms with E-state index in [9.17, 15) is 0 Å². The lowest BCUT2D eigenvalue weighted by Gasteiger charge is -2.24. The summed E-state index contributed by atoms with van der Waals surface area (Å²) in [6, 6.07) is 10.2. The first kappa shape index (κ1) is 17.7. The molecule has 0 bridgehead atoms. The van der Waals surface area contributed by atoms with Gasteiger partial charge in [-0.15, -0.1) is 12.4 Å². The van der Waals surface area contributed by atoms with Crippen LogP contribution in [0, 0.1) is 11.8 Å². The Morgan fingerprint density at radius 2 is 1.90 bits per heavy atom. The highest BCUT2D eigenvalue weighted by atomic mass is 35.5. The SMILES string of the molecule is C(#CCN1CCOCC1)COC/C=C/c1ccccc1.Cl.